The quantitative estimate of drug-likeness (QED) is 0.854. The number of furan rings is 1. The molecule has 1 aromatic carbocycles. The van der Waals surface area contributed by atoms with E-state index in [2.05, 4.69) is 12.2 Å². The van der Waals surface area contributed by atoms with E-state index >= 15 is 0 Å². The molecule has 2 atom stereocenters. The highest BCUT2D eigenvalue weighted by molar-refractivity contribution is 7.99. The largest absolute Gasteiger partial charge is 0.490 e. The number of para-hydroxylation sites is 1. The maximum atomic E-state index is 10.4. The van der Waals surface area contributed by atoms with Gasteiger partial charge in [-0.1, -0.05) is 12.1 Å². The first-order valence-corrected chi connectivity index (χ1v) is 8.95. The van der Waals surface area contributed by atoms with Gasteiger partial charge in [0.05, 0.1) is 18.2 Å². The van der Waals surface area contributed by atoms with E-state index in [1.807, 2.05) is 43.0 Å². The van der Waals surface area contributed by atoms with E-state index in [1.165, 1.54) is 0 Å². The van der Waals surface area contributed by atoms with Gasteiger partial charge in [-0.3, -0.25) is 0 Å². The van der Waals surface area contributed by atoms with Gasteiger partial charge in [0.25, 0.3) is 0 Å². The van der Waals surface area contributed by atoms with Crippen LogP contribution in [0.15, 0.2) is 28.7 Å². The number of fused-ring (bicyclic) bond motifs is 1. The third-order valence-corrected chi connectivity index (χ3v) is 5.31. The normalized spacial score (nSPS) is 23.0. The van der Waals surface area contributed by atoms with E-state index in [1.54, 1.807) is 0 Å². The Morgan fingerprint density at radius 2 is 2.36 bits per heavy atom. The van der Waals surface area contributed by atoms with Gasteiger partial charge < -0.3 is 19.6 Å². The minimum absolute atomic E-state index is 0.0523. The summed E-state index contributed by atoms with van der Waals surface area (Å²) in [6, 6.07) is 8.03. The summed E-state index contributed by atoms with van der Waals surface area (Å²) in [5.74, 6) is 3.50. The van der Waals surface area contributed by atoms with Crippen molar-refractivity contribution in [2.45, 2.75) is 31.9 Å². The van der Waals surface area contributed by atoms with Crippen molar-refractivity contribution < 1.29 is 14.3 Å². The van der Waals surface area contributed by atoms with Crippen molar-refractivity contribution in [1.82, 2.24) is 5.32 Å². The first kappa shape index (κ1) is 15.7. The molecule has 3 rings (SSSR count). The average Bonchev–Trinajstić information content (AvgIpc) is 3.13. The first-order valence-electron chi connectivity index (χ1n) is 7.80. The molecular formula is C17H23NO3S. The Morgan fingerprint density at radius 1 is 1.50 bits per heavy atom. The van der Waals surface area contributed by atoms with Gasteiger partial charge in [0.1, 0.15) is 5.76 Å². The fraction of sp³-hybridized carbons (Fsp3) is 0.529. The van der Waals surface area contributed by atoms with Crippen LogP contribution in [0.1, 0.15) is 32.1 Å². The fourth-order valence-corrected chi connectivity index (χ4v) is 4.01. The molecule has 1 saturated heterocycles. The van der Waals surface area contributed by atoms with Crippen LogP contribution in [-0.2, 0) is 0 Å². The second-order valence-corrected chi connectivity index (χ2v) is 6.99. The number of hydrogen-bond acceptors (Lipinski definition) is 5. The fourth-order valence-electron chi connectivity index (χ4n) is 2.72. The van der Waals surface area contributed by atoms with Crippen LogP contribution >= 0.6 is 11.8 Å². The number of thioether (sulfide) groups is 1. The van der Waals surface area contributed by atoms with Crippen molar-refractivity contribution in [3.05, 3.63) is 30.0 Å². The summed E-state index contributed by atoms with van der Waals surface area (Å²) in [5, 5.41) is 14.8. The zero-order valence-electron chi connectivity index (χ0n) is 13.1. The molecule has 0 aliphatic carbocycles. The van der Waals surface area contributed by atoms with Gasteiger partial charge in [0.15, 0.2) is 11.3 Å². The van der Waals surface area contributed by atoms with E-state index in [9.17, 15) is 5.11 Å². The third-order valence-electron chi connectivity index (χ3n) is 4.07. The summed E-state index contributed by atoms with van der Waals surface area (Å²) in [4.78, 5) is 0. The number of aliphatic hydroxyl groups is 1. The SMILES string of the molecule is CCOc1cccc2cc([C@H](C)NC[C@]3(O)CCSC3)oc12. The van der Waals surface area contributed by atoms with Crippen molar-refractivity contribution in [2.24, 2.45) is 0 Å². The Balaban J connectivity index is 1.73. The highest BCUT2D eigenvalue weighted by atomic mass is 32.2. The van der Waals surface area contributed by atoms with Gasteiger partial charge >= 0.3 is 0 Å². The predicted octanol–water partition coefficient (Wildman–Crippen LogP) is 3.35. The molecule has 4 nitrogen and oxygen atoms in total. The molecule has 0 amide bonds. The minimum Gasteiger partial charge on any atom is -0.490 e. The third kappa shape index (κ3) is 3.26. The van der Waals surface area contributed by atoms with Crippen molar-refractivity contribution in [3.63, 3.8) is 0 Å². The van der Waals surface area contributed by atoms with Crippen LogP contribution in [-0.4, -0.2) is 35.4 Å². The minimum atomic E-state index is -0.582. The van der Waals surface area contributed by atoms with E-state index in [0.29, 0.717) is 13.2 Å². The van der Waals surface area contributed by atoms with Gasteiger partial charge in [-0.25, -0.2) is 0 Å². The van der Waals surface area contributed by atoms with E-state index in [-0.39, 0.29) is 6.04 Å². The zero-order valence-corrected chi connectivity index (χ0v) is 13.9. The van der Waals surface area contributed by atoms with Gasteiger partial charge in [0.2, 0.25) is 0 Å². The highest BCUT2D eigenvalue weighted by Gasteiger charge is 2.32. The van der Waals surface area contributed by atoms with Crippen LogP contribution < -0.4 is 10.1 Å². The van der Waals surface area contributed by atoms with Crippen LogP contribution in [0.3, 0.4) is 0 Å². The second kappa shape index (κ2) is 6.52. The van der Waals surface area contributed by atoms with Crippen LogP contribution in [0.2, 0.25) is 0 Å². The molecule has 0 spiro atoms. The summed E-state index contributed by atoms with van der Waals surface area (Å²) in [6.45, 7) is 5.24. The van der Waals surface area contributed by atoms with Crippen LogP contribution in [0.25, 0.3) is 11.0 Å². The lowest BCUT2D eigenvalue weighted by Crippen LogP contribution is -2.41. The lowest BCUT2D eigenvalue weighted by atomic mass is 10.0. The maximum Gasteiger partial charge on any atom is 0.176 e. The molecule has 2 N–H and O–H groups in total. The molecule has 0 radical (unpaired) electrons. The summed E-state index contributed by atoms with van der Waals surface area (Å²) in [6.07, 6.45) is 0.853. The summed E-state index contributed by atoms with van der Waals surface area (Å²) in [5.41, 5.74) is 0.213. The number of ether oxygens (including phenoxy) is 1. The van der Waals surface area contributed by atoms with Crippen LogP contribution in [0, 0.1) is 0 Å². The van der Waals surface area contributed by atoms with E-state index in [0.717, 1.165) is 40.4 Å². The molecular weight excluding hydrogens is 298 g/mol. The number of hydrogen-bond donors (Lipinski definition) is 2. The molecule has 5 heteroatoms. The molecule has 0 saturated carbocycles. The molecule has 0 unspecified atom stereocenters. The molecule has 2 aromatic rings. The average molecular weight is 321 g/mol. The molecule has 0 bridgehead atoms. The lowest BCUT2D eigenvalue weighted by Gasteiger charge is -2.23. The molecule has 1 aromatic heterocycles. The van der Waals surface area contributed by atoms with Crippen LogP contribution in [0.4, 0.5) is 0 Å². The Hall–Kier alpha value is -1.17. The Labute approximate surface area is 135 Å². The van der Waals surface area contributed by atoms with Crippen molar-refractivity contribution in [2.75, 3.05) is 24.7 Å². The van der Waals surface area contributed by atoms with Crippen LogP contribution in [0.5, 0.6) is 5.75 Å². The molecule has 2 heterocycles. The smallest absolute Gasteiger partial charge is 0.176 e. The first-order chi connectivity index (χ1) is 10.6. The number of nitrogens with one attached hydrogen (secondary N) is 1. The molecule has 1 aliphatic rings. The number of rotatable bonds is 6. The van der Waals surface area contributed by atoms with E-state index in [4.69, 9.17) is 9.15 Å². The van der Waals surface area contributed by atoms with E-state index < -0.39 is 5.60 Å². The number of benzene rings is 1. The molecule has 22 heavy (non-hydrogen) atoms. The van der Waals surface area contributed by atoms with Crippen molar-refractivity contribution >= 4 is 22.7 Å². The Morgan fingerprint density at radius 3 is 3.09 bits per heavy atom. The maximum absolute atomic E-state index is 10.4. The topological polar surface area (TPSA) is 54.6 Å². The predicted molar refractivity (Wildman–Crippen MR) is 90.7 cm³/mol. The standard InChI is InChI=1S/C17H23NO3S/c1-3-20-14-6-4-5-13-9-15(21-16(13)14)12(2)18-10-17(19)7-8-22-11-17/h4-6,9,12,18-19H,3,7-8,10-11H2,1-2H3/t12-,17+/m0/s1. The van der Waals surface area contributed by atoms with Gasteiger partial charge in [-0.15, -0.1) is 0 Å². The lowest BCUT2D eigenvalue weighted by molar-refractivity contribution is 0.0644. The van der Waals surface area contributed by atoms with Crippen molar-refractivity contribution in [3.8, 4) is 5.75 Å². The summed E-state index contributed by atoms with van der Waals surface area (Å²) in [7, 11) is 0. The Kier molecular flexibility index (Phi) is 4.66. The summed E-state index contributed by atoms with van der Waals surface area (Å²) >= 11 is 1.81. The molecule has 1 fully saturated rings. The van der Waals surface area contributed by atoms with Gasteiger partial charge in [-0.2, -0.15) is 11.8 Å². The van der Waals surface area contributed by atoms with Crippen molar-refractivity contribution in [1.29, 1.82) is 0 Å². The summed E-state index contributed by atoms with van der Waals surface area (Å²) < 4.78 is 11.6. The van der Waals surface area contributed by atoms with Gasteiger partial charge in [-0.05, 0) is 38.2 Å². The monoisotopic (exact) mass is 321 g/mol. The molecule has 120 valence electrons. The van der Waals surface area contributed by atoms with Gasteiger partial charge in [0, 0.05) is 17.7 Å². The second-order valence-electron chi connectivity index (χ2n) is 5.89. The molecule has 1 aliphatic heterocycles. The Bertz CT molecular complexity index is 634. The highest BCUT2D eigenvalue weighted by Crippen LogP contribution is 2.32. The zero-order chi connectivity index (χ0) is 15.6.